The van der Waals surface area contributed by atoms with Gasteiger partial charge in [0.15, 0.2) is 5.95 Å². The summed E-state index contributed by atoms with van der Waals surface area (Å²) in [6.45, 7) is 0. The number of nitrogens with zero attached hydrogens (tertiary/aromatic N) is 2. The molecular formula is C19H17N7O2. The minimum Gasteiger partial charge on any atom is -0.369 e. The summed E-state index contributed by atoms with van der Waals surface area (Å²) in [5.74, 6) is -0.131. The van der Waals surface area contributed by atoms with E-state index in [1.165, 1.54) is 6.20 Å². The lowest BCUT2D eigenvalue weighted by molar-refractivity contribution is -0.115. The zero-order valence-electron chi connectivity index (χ0n) is 14.7. The molecule has 0 bridgehead atoms. The quantitative estimate of drug-likeness (QED) is 0.364. The van der Waals surface area contributed by atoms with Gasteiger partial charge >= 0.3 is 0 Å². The van der Waals surface area contributed by atoms with Gasteiger partial charge in [-0.05, 0) is 17.7 Å². The van der Waals surface area contributed by atoms with Crippen LogP contribution in [-0.2, 0) is 11.2 Å². The van der Waals surface area contributed by atoms with E-state index in [0.717, 1.165) is 5.56 Å². The minimum absolute atomic E-state index is 0.176. The Bertz CT molecular complexity index is 1130. The Morgan fingerprint density at radius 1 is 1.11 bits per heavy atom. The van der Waals surface area contributed by atoms with E-state index in [2.05, 4.69) is 30.6 Å². The topological polar surface area (TPSA) is 142 Å². The fourth-order valence-corrected chi connectivity index (χ4v) is 2.88. The highest BCUT2D eigenvalue weighted by atomic mass is 16.2. The number of fused-ring (bicyclic) bond motifs is 1. The van der Waals surface area contributed by atoms with Crippen LogP contribution in [0.4, 0.5) is 17.6 Å². The Labute approximate surface area is 159 Å². The van der Waals surface area contributed by atoms with Gasteiger partial charge in [-0.15, -0.1) is 0 Å². The number of nitrogen functional groups attached to an aromatic ring is 1. The number of H-pyrrole nitrogens is 2. The molecular weight excluding hydrogens is 358 g/mol. The normalized spacial score (nSPS) is 10.7. The maximum atomic E-state index is 12.7. The van der Waals surface area contributed by atoms with Crippen molar-refractivity contribution in [3.05, 3.63) is 66.0 Å². The van der Waals surface area contributed by atoms with Crippen molar-refractivity contribution in [1.29, 1.82) is 0 Å². The Morgan fingerprint density at radius 2 is 1.93 bits per heavy atom. The predicted molar refractivity (Wildman–Crippen MR) is 106 cm³/mol. The molecule has 0 aliphatic rings. The van der Waals surface area contributed by atoms with Crippen LogP contribution < -0.4 is 16.4 Å². The lowest BCUT2D eigenvalue weighted by atomic mass is 10.1. The van der Waals surface area contributed by atoms with E-state index in [1.807, 2.05) is 30.3 Å². The Morgan fingerprint density at radius 3 is 2.68 bits per heavy atom. The first-order chi connectivity index (χ1) is 13.6. The molecule has 28 heavy (non-hydrogen) atoms. The summed E-state index contributed by atoms with van der Waals surface area (Å²) in [6, 6.07) is 12.6. The van der Waals surface area contributed by atoms with Gasteiger partial charge in [0, 0.05) is 18.1 Å². The highest BCUT2D eigenvalue weighted by molar-refractivity contribution is 6.12. The third-order valence-electron chi connectivity index (χ3n) is 4.08. The van der Waals surface area contributed by atoms with Crippen LogP contribution in [0.5, 0.6) is 0 Å². The molecule has 0 unspecified atom stereocenters. The molecule has 140 valence electrons. The molecule has 6 N–H and O–H groups in total. The van der Waals surface area contributed by atoms with Gasteiger partial charge in [-0.2, -0.15) is 0 Å². The average Bonchev–Trinajstić information content (AvgIpc) is 3.30. The molecule has 0 saturated heterocycles. The maximum absolute atomic E-state index is 12.7. The van der Waals surface area contributed by atoms with Crippen molar-refractivity contribution in [2.45, 2.75) is 6.42 Å². The largest absolute Gasteiger partial charge is 0.369 e. The highest BCUT2D eigenvalue weighted by Crippen LogP contribution is 2.24. The molecule has 9 heteroatoms. The molecule has 9 nitrogen and oxygen atoms in total. The van der Waals surface area contributed by atoms with Crippen molar-refractivity contribution in [2.24, 2.45) is 0 Å². The lowest BCUT2D eigenvalue weighted by Crippen LogP contribution is -2.17. The SMILES string of the molecule is Nc1nc2cc(NC(=O)Cc3ccccc3)cc(C(=O)Nc3ncc[nH]3)c2[nH]1. The van der Waals surface area contributed by atoms with Crippen LogP contribution in [0.1, 0.15) is 15.9 Å². The number of aromatic nitrogens is 4. The van der Waals surface area contributed by atoms with Crippen molar-refractivity contribution in [3.63, 3.8) is 0 Å². The van der Waals surface area contributed by atoms with Gasteiger partial charge in [0.05, 0.1) is 23.0 Å². The summed E-state index contributed by atoms with van der Waals surface area (Å²) in [5, 5.41) is 5.46. The number of rotatable bonds is 5. The summed E-state index contributed by atoms with van der Waals surface area (Å²) in [4.78, 5) is 38.9. The van der Waals surface area contributed by atoms with E-state index >= 15 is 0 Å². The lowest BCUT2D eigenvalue weighted by Gasteiger charge is -2.09. The second kappa shape index (κ2) is 7.23. The van der Waals surface area contributed by atoms with Crippen LogP contribution in [0.15, 0.2) is 54.9 Å². The number of hydrogen-bond donors (Lipinski definition) is 5. The Hall–Kier alpha value is -4.14. The second-order valence-electron chi connectivity index (χ2n) is 6.14. The zero-order chi connectivity index (χ0) is 19.5. The first-order valence-electron chi connectivity index (χ1n) is 8.52. The van der Waals surface area contributed by atoms with Crippen molar-refractivity contribution < 1.29 is 9.59 Å². The number of benzene rings is 2. The van der Waals surface area contributed by atoms with Gasteiger partial charge in [-0.25, -0.2) is 9.97 Å². The third kappa shape index (κ3) is 3.68. The number of carbonyl (C=O) groups is 2. The molecule has 0 radical (unpaired) electrons. The fraction of sp³-hybridized carbons (Fsp3) is 0.0526. The van der Waals surface area contributed by atoms with Gasteiger partial charge < -0.3 is 21.0 Å². The molecule has 0 saturated carbocycles. The van der Waals surface area contributed by atoms with Crippen LogP contribution in [0.25, 0.3) is 11.0 Å². The summed E-state index contributed by atoms with van der Waals surface area (Å²) < 4.78 is 0. The van der Waals surface area contributed by atoms with E-state index in [-0.39, 0.29) is 23.8 Å². The van der Waals surface area contributed by atoms with E-state index < -0.39 is 5.91 Å². The third-order valence-corrected chi connectivity index (χ3v) is 4.08. The van der Waals surface area contributed by atoms with Gasteiger partial charge in [0.1, 0.15) is 0 Å². The Balaban J connectivity index is 1.62. The van der Waals surface area contributed by atoms with Crippen LogP contribution >= 0.6 is 0 Å². The van der Waals surface area contributed by atoms with E-state index in [1.54, 1.807) is 18.3 Å². The molecule has 2 amide bonds. The smallest absolute Gasteiger partial charge is 0.260 e. The van der Waals surface area contributed by atoms with Gasteiger partial charge in [-0.1, -0.05) is 30.3 Å². The molecule has 0 fully saturated rings. The van der Waals surface area contributed by atoms with Crippen molar-refractivity contribution >= 4 is 40.4 Å². The summed E-state index contributed by atoms with van der Waals surface area (Å²) in [5.41, 5.74) is 8.32. The molecule has 4 rings (SSSR count). The van der Waals surface area contributed by atoms with Gasteiger partial charge in [0.2, 0.25) is 11.9 Å². The maximum Gasteiger partial charge on any atom is 0.260 e. The highest BCUT2D eigenvalue weighted by Gasteiger charge is 2.17. The van der Waals surface area contributed by atoms with Crippen molar-refractivity contribution in [3.8, 4) is 0 Å². The molecule has 0 spiro atoms. The summed E-state index contributed by atoms with van der Waals surface area (Å²) >= 11 is 0. The number of nitrogens with two attached hydrogens (primary N) is 1. The first kappa shape index (κ1) is 17.3. The van der Waals surface area contributed by atoms with Crippen LogP contribution in [0.2, 0.25) is 0 Å². The molecule has 0 atom stereocenters. The fourth-order valence-electron chi connectivity index (χ4n) is 2.88. The number of anilines is 3. The first-order valence-corrected chi connectivity index (χ1v) is 8.52. The van der Waals surface area contributed by atoms with Gasteiger partial charge in [0.25, 0.3) is 5.91 Å². The van der Waals surface area contributed by atoms with Crippen LogP contribution in [0, 0.1) is 0 Å². The Kier molecular flexibility index (Phi) is 4.47. The van der Waals surface area contributed by atoms with E-state index in [0.29, 0.717) is 22.7 Å². The number of carbonyl (C=O) groups excluding carboxylic acids is 2. The van der Waals surface area contributed by atoms with Crippen molar-refractivity contribution in [1.82, 2.24) is 19.9 Å². The zero-order valence-corrected chi connectivity index (χ0v) is 14.7. The van der Waals surface area contributed by atoms with Gasteiger partial charge in [-0.3, -0.25) is 14.9 Å². The summed E-state index contributed by atoms with van der Waals surface area (Å²) in [7, 11) is 0. The number of imidazole rings is 2. The second-order valence-corrected chi connectivity index (χ2v) is 6.14. The van der Waals surface area contributed by atoms with E-state index in [4.69, 9.17) is 5.73 Å². The molecule has 4 aromatic rings. The number of amides is 2. The molecule has 2 heterocycles. The average molecular weight is 375 g/mol. The standard InChI is InChI=1S/C19H17N7O2/c20-18-24-14-10-12(23-15(27)8-11-4-2-1-3-5-11)9-13(16(14)25-18)17(28)26-19-21-6-7-22-19/h1-7,9-10H,8H2,(H,23,27)(H3,20,24,25)(H2,21,22,26,28). The van der Waals surface area contributed by atoms with Crippen molar-refractivity contribution in [2.75, 3.05) is 16.4 Å². The molecule has 2 aromatic carbocycles. The number of hydrogen-bond acceptors (Lipinski definition) is 5. The predicted octanol–water partition coefficient (Wildman–Crippen LogP) is 2.30. The number of aromatic amines is 2. The monoisotopic (exact) mass is 375 g/mol. The molecule has 0 aliphatic carbocycles. The summed E-state index contributed by atoms with van der Waals surface area (Å²) in [6.07, 6.45) is 3.34. The molecule has 0 aliphatic heterocycles. The minimum atomic E-state index is -0.414. The van der Waals surface area contributed by atoms with Crippen LogP contribution in [-0.4, -0.2) is 31.8 Å². The van der Waals surface area contributed by atoms with Crippen LogP contribution in [0.3, 0.4) is 0 Å². The number of nitrogens with one attached hydrogen (secondary N) is 4. The van der Waals surface area contributed by atoms with E-state index in [9.17, 15) is 9.59 Å². The molecule has 2 aromatic heterocycles.